The van der Waals surface area contributed by atoms with Crippen molar-refractivity contribution < 1.29 is 24.2 Å². The van der Waals surface area contributed by atoms with Gasteiger partial charge in [0.2, 0.25) is 5.91 Å². The summed E-state index contributed by atoms with van der Waals surface area (Å²) in [6.45, 7) is 6.76. The molecule has 0 aromatic carbocycles. The number of aliphatic carboxylic acids is 1. The molecule has 1 atom stereocenters. The molecular weight excluding hydrogens is 326 g/mol. The fourth-order valence-corrected chi connectivity index (χ4v) is 2.18. The molecule has 0 spiro atoms. The van der Waals surface area contributed by atoms with Crippen LogP contribution in [0.1, 0.15) is 52.0 Å². The third-order valence-electron chi connectivity index (χ3n) is 3.24. The molecule has 2 amide bonds. The van der Waals surface area contributed by atoms with Gasteiger partial charge in [0.1, 0.15) is 18.0 Å². The summed E-state index contributed by atoms with van der Waals surface area (Å²) in [5, 5.41) is 14.0. The average Bonchev–Trinajstić information content (AvgIpc) is 2.49. The van der Waals surface area contributed by atoms with Crippen molar-refractivity contribution >= 4 is 23.8 Å². The lowest BCUT2D eigenvalue weighted by molar-refractivity contribution is -0.137. The highest BCUT2D eigenvalue weighted by Crippen LogP contribution is 2.28. The number of aromatic nitrogens is 1. The minimum absolute atomic E-state index is 0.0543. The lowest BCUT2D eigenvalue weighted by atomic mass is 9.93. The SMILES string of the molecule is CCC(CC(=O)O)c1cccnc1NC(=O)CNC(=O)OC(C)(C)C. The molecule has 1 unspecified atom stereocenters. The Kier molecular flexibility index (Phi) is 7.35. The first-order valence-corrected chi connectivity index (χ1v) is 8.05. The molecule has 0 aliphatic heterocycles. The van der Waals surface area contributed by atoms with Gasteiger partial charge in [-0.25, -0.2) is 9.78 Å². The number of pyridine rings is 1. The number of hydrogen-bond acceptors (Lipinski definition) is 5. The van der Waals surface area contributed by atoms with Gasteiger partial charge in [-0.1, -0.05) is 13.0 Å². The molecule has 0 bridgehead atoms. The zero-order valence-corrected chi connectivity index (χ0v) is 15.0. The Morgan fingerprint density at radius 1 is 1.32 bits per heavy atom. The predicted molar refractivity (Wildman–Crippen MR) is 92.4 cm³/mol. The van der Waals surface area contributed by atoms with Crippen LogP contribution in [0.25, 0.3) is 0 Å². The van der Waals surface area contributed by atoms with Crippen molar-refractivity contribution in [2.45, 2.75) is 52.1 Å². The number of nitrogens with zero attached hydrogens (tertiary/aromatic N) is 1. The molecule has 1 aromatic rings. The van der Waals surface area contributed by atoms with Gasteiger partial charge in [0.25, 0.3) is 0 Å². The second-order valence-corrected chi connectivity index (χ2v) is 6.55. The molecule has 0 saturated carbocycles. The maximum absolute atomic E-state index is 12.0. The molecule has 0 aliphatic carbocycles. The van der Waals surface area contributed by atoms with Crippen molar-refractivity contribution in [1.29, 1.82) is 0 Å². The summed E-state index contributed by atoms with van der Waals surface area (Å²) in [5.41, 5.74) is -0.00194. The molecule has 1 rings (SSSR count). The van der Waals surface area contributed by atoms with E-state index in [0.29, 0.717) is 17.8 Å². The normalized spacial score (nSPS) is 12.2. The van der Waals surface area contributed by atoms with Gasteiger partial charge >= 0.3 is 12.1 Å². The average molecular weight is 351 g/mol. The number of carboxylic acid groups (broad SMARTS) is 1. The molecule has 0 radical (unpaired) electrons. The Labute approximate surface area is 147 Å². The molecular formula is C17H25N3O5. The lowest BCUT2D eigenvalue weighted by Gasteiger charge is -2.20. The minimum Gasteiger partial charge on any atom is -0.481 e. The zero-order chi connectivity index (χ0) is 19.0. The van der Waals surface area contributed by atoms with Gasteiger partial charge in [-0.3, -0.25) is 9.59 Å². The number of carboxylic acids is 1. The Hall–Kier alpha value is -2.64. The highest BCUT2D eigenvalue weighted by atomic mass is 16.6. The smallest absolute Gasteiger partial charge is 0.408 e. The van der Waals surface area contributed by atoms with Gasteiger partial charge < -0.3 is 20.5 Å². The zero-order valence-electron chi connectivity index (χ0n) is 15.0. The minimum atomic E-state index is -0.917. The van der Waals surface area contributed by atoms with E-state index in [2.05, 4.69) is 15.6 Å². The summed E-state index contributed by atoms with van der Waals surface area (Å²) in [6, 6.07) is 3.43. The predicted octanol–water partition coefficient (Wildman–Crippen LogP) is 2.51. The van der Waals surface area contributed by atoms with Gasteiger partial charge in [0, 0.05) is 6.20 Å². The first-order valence-electron chi connectivity index (χ1n) is 8.05. The van der Waals surface area contributed by atoms with Crippen molar-refractivity contribution in [3.63, 3.8) is 0 Å². The van der Waals surface area contributed by atoms with E-state index in [9.17, 15) is 14.4 Å². The molecule has 3 N–H and O–H groups in total. The number of rotatable bonds is 7. The largest absolute Gasteiger partial charge is 0.481 e. The Morgan fingerprint density at radius 2 is 2.00 bits per heavy atom. The van der Waals surface area contributed by atoms with Crippen LogP contribution < -0.4 is 10.6 Å². The van der Waals surface area contributed by atoms with E-state index < -0.39 is 23.6 Å². The van der Waals surface area contributed by atoms with Gasteiger partial charge in [0.15, 0.2) is 0 Å². The number of amides is 2. The molecule has 138 valence electrons. The van der Waals surface area contributed by atoms with Gasteiger partial charge in [-0.15, -0.1) is 0 Å². The summed E-state index contributed by atoms with van der Waals surface area (Å²) < 4.78 is 5.05. The molecule has 1 aromatic heterocycles. The fourth-order valence-electron chi connectivity index (χ4n) is 2.18. The first kappa shape index (κ1) is 20.4. The van der Waals surface area contributed by atoms with E-state index in [1.807, 2.05) is 6.92 Å². The molecule has 0 aliphatic rings. The molecule has 1 heterocycles. The van der Waals surface area contributed by atoms with Gasteiger partial charge in [-0.05, 0) is 44.7 Å². The van der Waals surface area contributed by atoms with Crippen LogP contribution in [0.3, 0.4) is 0 Å². The second-order valence-electron chi connectivity index (χ2n) is 6.55. The molecule has 0 saturated heterocycles. The van der Waals surface area contributed by atoms with Crippen LogP contribution in [-0.2, 0) is 14.3 Å². The van der Waals surface area contributed by atoms with Crippen LogP contribution in [0.2, 0.25) is 0 Å². The number of anilines is 1. The highest BCUT2D eigenvalue weighted by Gasteiger charge is 2.20. The van der Waals surface area contributed by atoms with E-state index >= 15 is 0 Å². The number of alkyl carbamates (subject to hydrolysis) is 1. The molecule has 8 nitrogen and oxygen atoms in total. The van der Waals surface area contributed by atoms with Crippen LogP contribution in [0.5, 0.6) is 0 Å². The van der Waals surface area contributed by atoms with Gasteiger partial charge in [0.05, 0.1) is 6.42 Å². The van der Waals surface area contributed by atoms with E-state index in [4.69, 9.17) is 9.84 Å². The summed E-state index contributed by atoms with van der Waals surface area (Å²) in [7, 11) is 0. The van der Waals surface area contributed by atoms with E-state index in [0.717, 1.165) is 0 Å². The molecule has 0 fully saturated rings. The summed E-state index contributed by atoms with van der Waals surface area (Å²) in [5.74, 6) is -1.36. The first-order chi connectivity index (χ1) is 11.6. The van der Waals surface area contributed by atoms with Crippen LogP contribution in [0.4, 0.5) is 10.6 Å². The van der Waals surface area contributed by atoms with Crippen LogP contribution in [0.15, 0.2) is 18.3 Å². The summed E-state index contributed by atoms with van der Waals surface area (Å²) in [6.07, 6.45) is 1.35. The van der Waals surface area contributed by atoms with Crippen molar-refractivity contribution in [2.24, 2.45) is 0 Å². The van der Waals surface area contributed by atoms with Gasteiger partial charge in [-0.2, -0.15) is 0 Å². The van der Waals surface area contributed by atoms with Crippen molar-refractivity contribution in [3.8, 4) is 0 Å². The number of nitrogens with one attached hydrogen (secondary N) is 2. The molecule has 25 heavy (non-hydrogen) atoms. The number of carbonyl (C=O) groups is 3. The van der Waals surface area contributed by atoms with E-state index in [1.165, 1.54) is 6.20 Å². The second kappa shape index (κ2) is 9.00. The number of hydrogen-bond donors (Lipinski definition) is 3. The van der Waals surface area contributed by atoms with Crippen molar-refractivity contribution in [2.75, 3.05) is 11.9 Å². The Morgan fingerprint density at radius 3 is 2.56 bits per heavy atom. The van der Waals surface area contributed by atoms with Crippen LogP contribution in [0, 0.1) is 0 Å². The fraction of sp³-hybridized carbons (Fsp3) is 0.529. The number of ether oxygens (including phenoxy) is 1. The number of carbonyl (C=O) groups excluding carboxylic acids is 2. The monoisotopic (exact) mass is 351 g/mol. The highest BCUT2D eigenvalue weighted by molar-refractivity contribution is 5.93. The Balaban J connectivity index is 2.71. The maximum Gasteiger partial charge on any atom is 0.408 e. The van der Waals surface area contributed by atoms with Crippen LogP contribution >= 0.6 is 0 Å². The third kappa shape index (κ3) is 7.65. The van der Waals surface area contributed by atoms with E-state index in [-0.39, 0.29) is 18.9 Å². The standard InChI is InChI=1S/C17H25N3O5/c1-5-11(9-14(22)23)12-7-6-8-18-15(12)20-13(21)10-19-16(24)25-17(2,3)4/h6-8,11H,5,9-10H2,1-4H3,(H,19,24)(H,22,23)(H,18,20,21). The van der Waals surface area contributed by atoms with Crippen LogP contribution in [-0.4, -0.2) is 40.2 Å². The Bertz CT molecular complexity index is 625. The summed E-state index contributed by atoms with van der Waals surface area (Å²) >= 11 is 0. The lowest BCUT2D eigenvalue weighted by Crippen LogP contribution is -2.37. The van der Waals surface area contributed by atoms with Crippen molar-refractivity contribution in [1.82, 2.24) is 10.3 Å². The topological polar surface area (TPSA) is 118 Å². The van der Waals surface area contributed by atoms with Crippen molar-refractivity contribution in [3.05, 3.63) is 23.9 Å². The maximum atomic E-state index is 12.0. The van der Waals surface area contributed by atoms with E-state index in [1.54, 1.807) is 32.9 Å². The third-order valence-corrected chi connectivity index (χ3v) is 3.24. The molecule has 8 heteroatoms. The summed E-state index contributed by atoms with van der Waals surface area (Å²) in [4.78, 5) is 38.7. The quantitative estimate of drug-likeness (QED) is 0.695.